The first kappa shape index (κ1) is 16.7. The van der Waals surface area contributed by atoms with Crippen molar-refractivity contribution in [3.63, 3.8) is 0 Å². The summed E-state index contributed by atoms with van der Waals surface area (Å²) in [6.07, 6.45) is 0.0307. The van der Waals surface area contributed by atoms with E-state index < -0.39 is 17.6 Å². The predicted octanol–water partition coefficient (Wildman–Crippen LogP) is 2.22. The fourth-order valence-corrected chi connectivity index (χ4v) is 3.12. The number of benzene rings is 1. The largest absolute Gasteiger partial charge is 0.461 e. The molecule has 128 valence electrons. The Hall–Kier alpha value is -3.14. The topological polar surface area (TPSA) is 92.0 Å². The molecular weight excluding hydrogens is 322 g/mol. The van der Waals surface area contributed by atoms with E-state index in [2.05, 4.69) is 5.16 Å². The Morgan fingerprint density at radius 1 is 1.44 bits per heavy atom. The van der Waals surface area contributed by atoms with E-state index in [0.29, 0.717) is 11.3 Å². The third-order valence-electron chi connectivity index (χ3n) is 4.43. The van der Waals surface area contributed by atoms with Crippen LogP contribution < -0.4 is 4.90 Å². The second kappa shape index (κ2) is 6.06. The summed E-state index contributed by atoms with van der Waals surface area (Å²) >= 11 is 0. The van der Waals surface area contributed by atoms with Crippen LogP contribution in [0.1, 0.15) is 25.8 Å². The lowest BCUT2D eigenvalue weighted by Crippen LogP contribution is -2.49. The summed E-state index contributed by atoms with van der Waals surface area (Å²) in [6.45, 7) is 5.42. The van der Waals surface area contributed by atoms with Crippen LogP contribution in [0.4, 0.5) is 5.69 Å². The van der Waals surface area contributed by atoms with Crippen molar-refractivity contribution in [2.45, 2.75) is 32.9 Å². The Labute approximate surface area is 145 Å². The normalized spacial score (nSPS) is 22.1. The number of rotatable bonds is 3. The summed E-state index contributed by atoms with van der Waals surface area (Å²) in [5, 5.41) is 13.3. The van der Waals surface area contributed by atoms with E-state index in [9.17, 15) is 14.9 Å². The zero-order valence-electron chi connectivity index (χ0n) is 14.2. The lowest BCUT2D eigenvalue weighted by Gasteiger charge is -2.34. The number of hydrogen-bond donors (Lipinski definition) is 0. The second-order valence-electron chi connectivity index (χ2n) is 5.85. The first-order valence-electron chi connectivity index (χ1n) is 7.90. The molecule has 7 nitrogen and oxygen atoms in total. The number of aryl methyl sites for hydroxylation is 1. The number of nitrogens with zero attached hydrogens (tertiary/aromatic N) is 3. The quantitative estimate of drug-likeness (QED) is 0.787. The third kappa shape index (κ3) is 2.38. The summed E-state index contributed by atoms with van der Waals surface area (Å²) in [5.41, 5.74) is 0.672. The van der Waals surface area contributed by atoms with Crippen LogP contribution >= 0.6 is 0 Å². The first-order chi connectivity index (χ1) is 12.0. The number of hydrogen-bond acceptors (Lipinski definition) is 6. The zero-order chi connectivity index (χ0) is 18.2. The monoisotopic (exact) mass is 339 g/mol. The van der Waals surface area contributed by atoms with Gasteiger partial charge in [0.15, 0.2) is 5.71 Å². The molecule has 0 aromatic heterocycles. The molecule has 1 unspecified atom stereocenters. The molecule has 1 aromatic rings. The number of carbonyl (C=O) groups is 2. The first-order valence-corrected chi connectivity index (χ1v) is 7.90. The molecule has 0 bridgehead atoms. The van der Waals surface area contributed by atoms with Crippen LogP contribution in [0.3, 0.4) is 0 Å². The van der Waals surface area contributed by atoms with Gasteiger partial charge in [-0.05, 0) is 32.4 Å². The Morgan fingerprint density at radius 2 is 2.16 bits per heavy atom. The molecule has 25 heavy (non-hydrogen) atoms. The number of anilines is 1. The summed E-state index contributed by atoms with van der Waals surface area (Å²) < 4.78 is 4.97. The highest BCUT2D eigenvalue weighted by molar-refractivity contribution is 6.37. The maximum Gasteiger partial charge on any atom is 0.356 e. The minimum Gasteiger partial charge on any atom is -0.461 e. The zero-order valence-corrected chi connectivity index (χ0v) is 14.2. The van der Waals surface area contributed by atoms with Crippen LogP contribution in [0.2, 0.25) is 0 Å². The van der Waals surface area contributed by atoms with E-state index in [1.807, 2.05) is 25.1 Å². The standard InChI is InChI=1S/C18H17N3O4/c1-4-24-17(23)14-9-18(25-20-14)12(3)13(10-19)16(22)21(18)15-8-6-5-7-11(15)2/h5-8H,4,9H2,1-3H3. The summed E-state index contributed by atoms with van der Waals surface area (Å²) in [4.78, 5) is 31.9. The van der Waals surface area contributed by atoms with Crippen LogP contribution in [0, 0.1) is 18.3 Å². The van der Waals surface area contributed by atoms with Crippen molar-refractivity contribution in [1.82, 2.24) is 0 Å². The molecule has 1 spiro atoms. The molecule has 3 rings (SSSR count). The Morgan fingerprint density at radius 3 is 2.80 bits per heavy atom. The Kier molecular flexibility index (Phi) is 4.05. The van der Waals surface area contributed by atoms with Gasteiger partial charge in [-0.3, -0.25) is 9.69 Å². The van der Waals surface area contributed by atoms with Gasteiger partial charge in [-0.1, -0.05) is 23.4 Å². The van der Waals surface area contributed by atoms with Crippen molar-refractivity contribution >= 4 is 23.3 Å². The Balaban J connectivity index is 2.08. The molecule has 2 heterocycles. The van der Waals surface area contributed by atoms with E-state index in [-0.39, 0.29) is 24.3 Å². The number of carbonyl (C=O) groups excluding carboxylic acids is 2. The molecule has 1 atom stereocenters. The fourth-order valence-electron chi connectivity index (χ4n) is 3.12. The molecule has 7 heteroatoms. The van der Waals surface area contributed by atoms with Gasteiger partial charge < -0.3 is 9.57 Å². The van der Waals surface area contributed by atoms with Crippen molar-refractivity contribution in [2.75, 3.05) is 11.5 Å². The average molecular weight is 339 g/mol. The smallest absolute Gasteiger partial charge is 0.356 e. The highest BCUT2D eigenvalue weighted by Crippen LogP contribution is 2.45. The number of nitriles is 1. The molecule has 0 saturated carbocycles. The molecule has 0 N–H and O–H groups in total. The number of amides is 1. The maximum atomic E-state index is 12.9. The van der Waals surface area contributed by atoms with Gasteiger partial charge in [0.1, 0.15) is 11.6 Å². The lowest BCUT2D eigenvalue weighted by atomic mass is 9.97. The van der Waals surface area contributed by atoms with Gasteiger partial charge >= 0.3 is 5.97 Å². The molecule has 1 aromatic carbocycles. The predicted molar refractivity (Wildman–Crippen MR) is 89.5 cm³/mol. The van der Waals surface area contributed by atoms with E-state index in [1.54, 1.807) is 26.0 Å². The van der Waals surface area contributed by atoms with Crippen molar-refractivity contribution in [3.8, 4) is 6.07 Å². The fraction of sp³-hybridized carbons (Fsp3) is 0.333. The lowest BCUT2D eigenvalue weighted by molar-refractivity contribution is -0.135. The van der Waals surface area contributed by atoms with Crippen LogP contribution in [-0.4, -0.2) is 29.9 Å². The SMILES string of the molecule is CCOC(=O)C1=NOC2(C1)C(C)=C(C#N)C(=O)N2c1ccccc1C. The highest BCUT2D eigenvalue weighted by atomic mass is 16.7. The minimum absolute atomic E-state index is 0.00330. The van der Waals surface area contributed by atoms with Crippen molar-refractivity contribution in [1.29, 1.82) is 5.26 Å². The minimum atomic E-state index is -1.31. The van der Waals surface area contributed by atoms with E-state index in [4.69, 9.17) is 9.57 Å². The van der Waals surface area contributed by atoms with Crippen molar-refractivity contribution < 1.29 is 19.2 Å². The molecule has 1 amide bonds. The van der Waals surface area contributed by atoms with Crippen LogP contribution in [0.15, 0.2) is 40.6 Å². The van der Waals surface area contributed by atoms with E-state index >= 15 is 0 Å². The molecule has 2 aliphatic heterocycles. The molecule has 2 aliphatic rings. The molecule has 0 radical (unpaired) electrons. The van der Waals surface area contributed by atoms with Crippen molar-refractivity contribution in [3.05, 3.63) is 41.0 Å². The van der Waals surface area contributed by atoms with Gasteiger partial charge in [-0.2, -0.15) is 5.26 Å². The molecule has 0 aliphatic carbocycles. The third-order valence-corrected chi connectivity index (χ3v) is 4.43. The highest BCUT2D eigenvalue weighted by Gasteiger charge is 2.57. The summed E-state index contributed by atoms with van der Waals surface area (Å²) in [7, 11) is 0. The van der Waals surface area contributed by atoms with E-state index in [1.165, 1.54) is 4.90 Å². The Bertz CT molecular complexity index is 865. The van der Waals surface area contributed by atoms with Crippen LogP contribution in [0.5, 0.6) is 0 Å². The van der Waals surface area contributed by atoms with Gasteiger partial charge in [0, 0.05) is 5.57 Å². The number of esters is 1. The second-order valence-corrected chi connectivity index (χ2v) is 5.85. The average Bonchev–Trinajstić information content (AvgIpc) is 3.11. The summed E-state index contributed by atoms with van der Waals surface area (Å²) in [6, 6.07) is 9.23. The van der Waals surface area contributed by atoms with Gasteiger partial charge in [0.05, 0.1) is 18.7 Å². The molecule has 0 fully saturated rings. The maximum absolute atomic E-state index is 12.9. The van der Waals surface area contributed by atoms with Crippen LogP contribution in [-0.2, 0) is 19.2 Å². The number of oxime groups is 1. The van der Waals surface area contributed by atoms with Gasteiger partial charge in [0.2, 0.25) is 5.72 Å². The number of para-hydroxylation sites is 1. The van der Waals surface area contributed by atoms with Crippen molar-refractivity contribution in [2.24, 2.45) is 5.16 Å². The van der Waals surface area contributed by atoms with Gasteiger partial charge in [-0.25, -0.2) is 4.79 Å². The number of ether oxygens (including phenoxy) is 1. The van der Waals surface area contributed by atoms with Gasteiger partial charge in [0.25, 0.3) is 5.91 Å². The van der Waals surface area contributed by atoms with Crippen LogP contribution in [0.25, 0.3) is 0 Å². The molecule has 0 saturated heterocycles. The molecular formula is C18H17N3O4. The van der Waals surface area contributed by atoms with E-state index in [0.717, 1.165) is 5.56 Å². The van der Waals surface area contributed by atoms with Gasteiger partial charge in [-0.15, -0.1) is 0 Å². The summed E-state index contributed by atoms with van der Waals surface area (Å²) in [5.74, 6) is -1.05.